The molecule has 0 aromatic heterocycles. The number of nitrogens with one attached hydrogen (secondary N) is 6. The van der Waals surface area contributed by atoms with Gasteiger partial charge in [-0.05, 0) is 31.0 Å². The Morgan fingerprint density at radius 2 is 0.640 bits per heavy atom. The molecular weight excluding hydrogens is 1530 g/mol. The molecule has 1 aromatic rings. The number of carboxylic acids is 1. The molecule has 0 aliphatic carbocycles. The van der Waals surface area contributed by atoms with Gasteiger partial charge in [-0.2, -0.15) is 11.8 Å². The van der Waals surface area contributed by atoms with Gasteiger partial charge in [0.1, 0.15) is 5.75 Å². The average molecular weight is 1660 g/mol. The normalized spacial score (nSPS) is 14.5. The summed E-state index contributed by atoms with van der Waals surface area (Å²) in [5.41, 5.74) is 0.337. The summed E-state index contributed by atoms with van der Waals surface area (Å²) in [7, 11) is 0. The molecule has 0 saturated carbocycles. The summed E-state index contributed by atoms with van der Waals surface area (Å²) in [5.74, 6) is -0.486. The number of aliphatic carboxylic acids is 1. The molecule has 2 saturated heterocycles. The summed E-state index contributed by atoms with van der Waals surface area (Å²) in [4.78, 5) is 71.4. The first-order valence-electron chi connectivity index (χ1n) is 39.8. The lowest BCUT2D eigenvalue weighted by Crippen LogP contribution is -2.36. The maximum atomic E-state index is 12.7. The number of ether oxygens (including phenoxy) is 25. The van der Waals surface area contributed by atoms with E-state index in [1.807, 2.05) is 11.8 Å². The summed E-state index contributed by atoms with van der Waals surface area (Å²) in [6, 6.07) is 6.81. The van der Waals surface area contributed by atoms with Gasteiger partial charge in [-0.3, -0.25) is 24.0 Å². The number of benzene rings is 1. The Labute approximate surface area is 676 Å². The van der Waals surface area contributed by atoms with Crippen LogP contribution in [-0.2, 0) is 133 Å². The zero-order valence-electron chi connectivity index (χ0n) is 67.0. The predicted molar refractivity (Wildman–Crippen MR) is 414 cm³/mol. The van der Waals surface area contributed by atoms with Gasteiger partial charge in [0.15, 0.2) is 6.61 Å². The highest BCUT2D eigenvalue weighted by Gasteiger charge is 2.42. The summed E-state index contributed by atoms with van der Waals surface area (Å²) in [6.45, 7) is 21.0. The average Bonchev–Trinajstić information content (AvgIpc) is 1.67. The summed E-state index contributed by atoms with van der Waals surface area (Å²) in [6.07, 6.45) is 3.41. The largest absolute Gasteiger partial charge is 0.484 e. The van der Waals surface area contributed by atoms with Crippen LogP contribution in [0.3, 0.4) is 0 Å². The van der Waals surface area contributed by atoms with E-state index in [-0.39, 0.29) is 101 Å². The fourth-order valence-corrected chi connectivity index (χ4v) is 11.3. The molecule has 1 aromatic carbocycles. The summed E-state index contributed by atoms with van der Waals surface area (Å²) in [5, 5.41) is 26.0. The van der Waals surface area contributed by atoms with E-state index in [1.54, 1.807) is 18.2 Å². The Hall–Kier alpha value is -4.97. The SMILES string of the molecule is O=C(O)CCOCCOCCOCCOCCOCCOCCOCCOCCOCCOCCOCCOCCNC(=O)COc1cccc(C(=O)NCCNC(=O)CCOCCOCCOCCOCCOCCOCCOCCOCCOCCOCCOCCOCCNC(=O)CCCC[C@@H]2SC[C@@H]3NC(=O)N[C@@H]32)c1. The van der Waals surface area contributed by atoms with E-state index in [4.69, 9.17) is 124 Å². The van der Waals surface area contributed by atoms with Crippen molar-refractivity contribution in [2.75, 3.05) is 356 Å². The molecule has 2 heterocycles. The smallest absolute Gasteiger partial charge is 0.315 e. The zero-order chi connectivity index (χ0) is 81.2. The molecule has 0 unspecified atom stereocenters. The Kier molecular flexibility index (Phi) is 72.8. The molecule has 0 bridgehead atoms. The Balaban J connectivity index is 0.906. The number of carboxylic acid groups (broad SMARTS) is 1. The van der Waals surface area contributed by atoms with Gasteiger partial charge in [-0.25, -0.2) is 4.79 Å². The van der Waals surface area contributed by atoms with Crippen LogP contribution in [0.25, 0.3) is 0 Å². The highest BCUT2D eigenvalue weighted by molar-refractivity contribution is 8.00. The fourth-order valence-electron chi connectivity index (χ4n) is 9.75. The first-order chi connectivity index (χ1) is 56.2. The molecule has 3 rings (SSSR count). The molecule has 38 nitrogen and oxygen atoms in total. The predicted octanol–water partition coefficient (Wildman–Crippen LogP) is 0.133. The van der Waals surface area contributed by atoms with Crippen LogP contribution >= 0.6 is 11.8 Å². The molecule has 2 fully saturated rings. The third-order valence-corrected chi connectivity index (χ3v) is 17.0. The van der Waals surface area contributed by atoms with Gasteiger partial charge in [0.25, 0.3) is 11.8 Å². The number of urea groups is 1. The van der Waals surface area contributed by atoms with Crippen molar-refractivity contribution in [2.24, 2.45) is 0 Å². The van der Waals surface area contributed by atoms with Crippen molar-refractivity contribution in [1.82, 2.24) is 31.9 Å². The van der Waals surface area contributed by atoms with Crippen LogP contribution in [0, 0.1) is 0 Å². The second-order valence-corrected chi connectivity index (χ2v) is 25.9. The minimum atomic E-state index is -0.888. The van der Waals surface area contributed by atoms with Crippen molar-refractivity contribution >= 4 is 47.4 Å². The molecule has 662 valence electrons. The van der Waals surface area contributed by atoms with E-state index in [0.717, 1.165) is 25.0 Å². The van der Waals surface area contributed by atoms with Crippen LogP contribution in [0.5, 0.6) is 5.75 Å². The van der Waals surface area contributed by atoms with Gasteiger partial charge in [-0.15, -0.1) is 0 Å². The second kappa shape index (κ2) is 80.4. The van der Waals surface area contributed by atoms with Gasteiger partial charge in [-0.1, -0.05) is 12.5 Å². The van der Waals surface area contributed by atoms with Gasteiger partial charge >= 0.3 is 12.0 Å². The number of carbonyl (C=O) groups is 6. The van der Waals surface area contributed by atoms with Crippen LogP contribution < -0.4 is 36.6 Å². The summed E-state index contributed by atoms with van der Waals surface area (Å²) >= 11 is 1.89. The van der Waals surface area contributed by atoms with Crippen molar-refractivity contribution in [3.8, 4) is 5.75 Å². The second-order valence-electron chi connectivity index (χ2n) is 24.6. The van der Waals surface area contributed by atoms with Crippen LogP contribution in [0.2, 0.25) is 0 Å². The first kappa shape index (κ1) is 103. The van der Waals surface area contributed by atoms with Crippen LogP contribution in [0.1, 0.15) is 48.9 Å². The molecule has 2 aliphatic rings. The minimum absolute atomic E-state index is 0.0191. The minimum Gasteiger partial charge on any atom is -0.484 e. The van der Waals surface area contributed by atoms with Crippen molar-refractivity contribution in [3.63, 3.8) is 0 Å². The van der Waals surface area contributed by atoms with E-state index in [1.165, 1.54) is 6.07 Å². The lowest BCUT2D eigenvalue weighted by molar-refractivity contribution is -0.138. The molecule has 6 amide bonds. The quantitative estimate of drug-likeness (QED) is 0.0337. The number of rotatable bonds is 90. The molecule has 7 N–H and O–H groups in total. The van der Waals surface area contributed by atoms with E-state index in [2.05, 4.69) is 31.9 Å². The third-order valence-electron chi connectivity index (χ3n) is 15.5. The summed E-state index contributed by atoms with van der Waals surface area (Å²) < 4.78 is 137. The molecule has 0 spiro atoms. The molecule has 114 heavy (non-hydrogen) atoms. The number of hydrogen-bond donors (Lipinski definition) is 7. The molecule has 39 heteroatoms. The molecule has 2 aliphatic heterocycles. The standard InChI is InChI=1S/C75H134N6O32S/c82-69(7-2-1-6-68-73-67(64-114-68)80-75(88)81-73)77-12-16-91-20-24-95-28-32-99-36-40-103-44-48-107-52-56-111-60-58-109-54-50-105-46-42-101-38-34-97-30-26-93-22-18-89-14-8-70(83)76-10-11-79-74(87)65-4-3-5-66(62-65)113-63-71(84)78-13-17-92-21-25-96-29-33-100-37-41-104-45-49-108-53-57-112-61-59-110-55-51-106-47-43-102-39-35-98-31-27-94-23-19-90-15-9-72(85)86/h3-5,62,67-68,73H,1-2,6-61,63-64H2,(H,76,83)(H,77,82)(H,78,84)(H,79,87)(H,85,86)(H2,80,81,88)/t67-,68-,73-/m0/s1. The number of fused-ring (bicyclic) bond motifs is 1. The van der Waals surface area contributed by atoms with Crippen LogP contribution in [0.4, 0.5) is 4.79 Å². The first-order valence-corrected chi connectivity index (χ1v) is 40.8. The van der Waals surface area contributed by atoms with Gasteiger partial charge in [0, 0.05) is 55.6 Å². The number of hydrogen-bond acceptors (Lipinski definition) is 32. The zero-order valence-corrected chi connectivity index (χ0v) is 67.8. The van der Waals surface area contributed by atoms with Crippen molar-refractivity contribution in [3.05, 3.63) is 29.8 Å². The van der Waals surface area contributed by atoms with Gasteiger partial charge < -0.3 is 155 Å². The fraction of sp³-hybridized carbons (Fsp3) is 0.840. The van der Waals surface area contributed by atoms with E-state index >= 15 is 0 Å². The number of carbonyl (C=O) groups excluding carboxylic acids is 5. The van der Waals surface area contributed by atoms with Crippen molar-refractivity contribution in [2.45, 2.75) is 55.9 Å². The maximum absolute atomic E-state index is 12.7. The Bertz CT molecular complexity index is 2420. The van der Waals surface area contributed by atoms with Crippen LogP contribution in [-0.4, -0.2) is 414 Å². The Morgan fingerprint density at radius 1 is 0.342 bits per heavy atom. The van der Waals surface area contributed by atoms with E-state index < -0.39 is 5.97 Å². The third kappa shape index (κ3) is 68.0. The number of unbranched alkanes of at least 4 members (excludes halogenated alkanes) is 1. The van der Waals surface area contributed by atoms with E-state index in [0.29, 0.717) is 327 Å². The van der Waals surface area contributed by atoms with Gasteiger partial charge in [0.2, 0.25) is 11.8 Å². The lowest BCUT2D eigenvalue weighted by atomic mass is 10.0. The molecule has 3 atom stereocenters. The van der Waals surface area contributed by atoms with Gasteiger partial charge in [0.05, 0.1) is 336 Å². The monoisotopic (exact) mass is 1660 g/mol. The highest BCUT2D eigenvalue weighted by atomic mass is 32.2. The molecule has 0 radical (unpaired) electrons. The highest BCUT2D eigenvalue weighted by Crippen LogP contribution is 2.33. The van der Waals surface area contributed by atoms with Crippen molar-refractivity contribution in [1.29, 1.82) is 0 Å². The van der Waals surface area contributed by atoms with E-state index in [9.17, 15) is 28.8 Å². The lowest BCUT2D eigenvalue weighted by Gasteiger charge is -2.16. The van der Waals surface area contributed by atoms with Crippen molar-refractivity contribution < 1.29 is 152 Å². The van der Waals surface area contributed by atoms with Crippen LogP contribution in [0.15, 0.2) is 24.3 Å². The number of thioether (sulfide) groups is 1. The molecular formula is C75H134N6O32S. The Morgan fingerprint density at radius 3 is 0.991 bits per heavy atom. The maximum Gasteiger partial charge on any atom is 0.315 e. The topological polar surface area (TPSA) is 426 Å². The number of amides is 6.